The summed E-state index contributed by atoms with van der Waals surface area (Å²) in [7, 11) is 1.75. The molecular weight excluding hydrogens is 226 g/mol. The van der Waals surface area contributed by atoms with Crippen LogP contribution in [0.1, 0.15) is 31.7 Å². The molecule has 0 saturated heterocycles. The van der Waals surface area contributed by atoms with Crippen LogP contribution < -0.4 is 10.1 Å². The average Bonchev–Trinajstić information content (AvgIpc) is 2.39. The molecule has 0 aliphatic rings. The van der Waals surface area contributed by atoms with Gasteiger partial charge in [-0.3, -0.25) is 0 Å². The second kappa shape index (κ2) is 9.92. The molecule has 1 aromatic carbocycles. The number of rotatable bonds is 10. The van der Waals surface area contributed by atoms with E-state index < -0.39 is 0 Å². The number of hydrogen-bond acceptors (Lipinski definition) is 3. The Hall–Kier alpha value is -1.06. The van der Waals surface area contributed by atoms with Gasteiger partial charge in [0.15, 0.2) is 0 Å². The third kappa shape index (κ3) is 6.62. The van der Waals surface area contributed by atoms with Crippen molar-refractivity contribution >= 4 is 0 Å². The molecule has 102 valence electrons. The Kier molecular flexibility index (Phi) is 8.26. The van der Waals surface area contributed by atoms with E-state index in [1.54, 1.807) is 7.11 Å². The normalized spacial score (nSPS) is 10.6. The van der Waals surface area contributed by atoms with E-state index in [1.807, 2.05) is 19.1 Å². The van der Waals surface area contributed by atoms with Crippen molar-refractivity contribution in [3.8, 4) is 5.75 Å². The molecule has 0 aliphatic carbocycles. The molecule has 3 heteroatoms. The monoisotopic (exact) mass is 251 g/mol. The summed E-state index contributed by atoms with van der Waals surface area (Å²) in [5, 5.41) is 3.45. The van der Waals surface area contributed by atoms with Crippen molar-refractivity contribution in [2.24, 2.45) is 0 Å². The lowest BCUT2D eigenvalue weighted by molar-refractivity contribution is 0.192. The first-order valence-electron chi connectivity index (χ1n) is 6.78. The molecule has 0 amide bonds. The van der Waals surface area contributed by atoms with E-state index in [0.717, 1.165) is 38.5 Å². The Labute approximate surface area is 110 Å². The van der Waals surface area contributed by atoms with E-state index in [0.29, 0.717) is 0 Å². The average molecular weight is 251 g/mol. The van der Waals surface area contributed by atoms with E-state index >= 15 is 0 Å². The van der Waals surface area contributed by atoms with Crippen LogP contribution >= 0.6 is 0 Å². The van der Waals surface area contributed by atoms with Crippen molar-refractivity contribution < 1.29 is 9.47 Å². The van der Waals surface area contributed by atoms with Crippen molar-refractivity contribution in [3.05, 3.63) is 29.8 Å². The van der Waals surface area contributed by atoms with Gasteiger partial charge in [0.25, 0.3) is 0 Å². The van der Waals surface area contributed by atoms with E-state index in [9.17, 15) is 0 Å². The van der Waals surface area contributed by atoms with E-state index in [1.165, 1.54) is 18.4 Å². The predicted octanol–water partition coefficient (Wildman–Crippen LogP) is 2.99. The van der Waals surface area contributed by atoms with Gasteiger partial charge in [0.2, 0.25) is 0 Å². The number of hydrogen-bond donors (Lipinski definition) is 1. The molecule has 0 aliphatic heterocycles. The molecule has 0 radical (unpaired) electrons. The van der Waals surface area contributed by atoms with Crippen molar-refractivity contribution in [2.45, 2.75) is 32.7 Å². The van der Waals surface area contributed by atoms with Crippen LogP contribution in [0.4, 0.5) is 0 Å². The molecule has 0 unspecified atom stereocenters. The summed E-state index contributed by atoms with van der Waals surface area (Å²) in [6.45, 7) is 5.56. The van der Waals surface area contributed by atoms with Crippen LogP contribution in [0.2, 0.25) is 0 Å². The fourth-order valence-corrected chi connectivity index (χ4v) is 1.82. The molecule has 0 atom stereocenters. The summed E-state index contributed by atoms with van der Waals surface area (Å²) in [6, 6.07) is 8.26. The van der Waals surface area contributed by atoms with Gasteiger partial charge in [-0.05, 0) is 50.4 Å². The fourth-order valence-electron chi connectivity index (χ4n) is 1.82. The Bertz CT molecular complexity index is 315. The van der Waals surface area contributed by atoms with Crippen LogP contribution in [0.15, 0.2) is 24.3 Å². The van der Waals surface area contributed by atoms with Gasteiger partial charge < -0.3 is 14.8 Å². The highest BCUT2D eigenvalue weighted by Gasteiger charge is 1.96. The SMILES string of the molecule is CCOc1cccc(CNCCCCCOC)c1. The first-order valence-corrected chi connectivity index (χ1v) is 6.78. The molecule has 1 aromatic rings. The predicted molar refractivity (Wildman–Crippen MR) is 75.0 cm³/mol. The first kappa shape index (κ1) is 15.0. The minimum atomic E-state index is 0.719. The van der Waals surface area contributed by atoms with Gasteiger partial charge in [0.05, 0.1) is 6.61 Å². The van der Waals surface area contributed by atoms with Gasteiger partial charge in [-0.2, -0.15) is 0 Å². The molecule has 18 heavy (non-hydrogen) atoms. The van der Waals surface area contributed by atoms with Crippen LogP contribution in [-0.2, 0) is 11.3 Å². The van der Waals surface area contributed by atoms with Crippen molar-refractivity contribution in [1.82, 2.24) is 5.32 Å². The topological polar surface area (TPSA) is 30.5 Å². The van der Waals surface area contributed by atoms with Gasteiger partial charge in [-0.25, -0.2) is 0 Å². The number of nitrogens with one attached hydrogen (secondary N) is 1. The second-order valence-corrected chi connectivity index (χ2v) is 4.31. The Balaban J connectivity index is 2.13. The van der Waals surface area contributed by atoms with Gasteiger partial charge >= 0.3 is 0 Å². The quantitative estimate of drug-likeness (QED) is 0.648. The number of methoxy groups -OCH3 is 1. The number of ether oxygens (including phenoxy) is 2. The minimum Gasteiger partial charge on any atom is -0.494 e. The molecule has 0 bridgehead atoms. The van der Waals surface area contributed by atoms with E-state index in [4.69, 9.17) is 9.47 Å². The summed E-state index contributed by atoms with van der Waals surface area (Å²) in [5.41, 5.74) is 1.28. The molecule has 0 heterocycles. The van der Waals surface area contributed by atoms with Gasteiger partial charge in [-0.1, -0.05) is 12.1 Å². The third-order valence-electron chi connectivity index (χ3n) is 2.74. The van der Waals surface area contributed by atoms with Gasteiger partial charge in [0.1, 0.15) is 5.75 Å². The van der Waals surface area contributed by atoms with E-state index in [-0.39, 0.29) is 0 Å². The lowest BCUT2D eigenvalue weighted by atomic mass is 10.2. The van der Waals surface area contributed by atoms with Crippen LogP contribution in [-0.4, -0.2) is 26.9 Å². The lowest BCUT2D eigenvalue weighted by Gasteiger charge is -2.07. The van der Waals surface area contributed by atoms with Gasteiger partial charge in [-0.15, -0.1) is 0 Å². The highest BCUT2D eigenvalue weighted by molar-refractivity contribution is 5.28. The zero-order valence-electron chi connectivity index (χ0n) is 11.6. The molecule has 0 fully saturated rings. The molecule has 0 aromatic heterocycles. The summed E-state index contributed by atoms with van der Waals surface area (Å²) < 4.78 is 10.5. The van der Waals surface area contributed by atoms with E-state index in [2.05, 4.69) is 17.4 Å². The molecule has 0 saturated carbocycles. The fraction of sp³-hybridized carbons (Fsp3) is 0.600. The number of benzene rings is 1. The number of unbranched alkanes of at least 4 members (excludes halogenated alkanes) is 2. The lowest BCUT2D eigenvalue weighted by Crippen LogP contribution is -2.14. The standard InChI is InChI=1S/C15H25NO2/c1-3-18-15-9-7-8-14(12-15)13-16-10-5-4-6-11-17-2/h7-9,12,16H,3-6,10-11,13H2,1-2H3. The zero-order valence-corrected chi connectivity index (χ0v) is 11.6. The highest BCUT2D eigenvalue weighted by atomic mass is 16.5. The van der Waals surface area contributed by atoms with Crippen molar-refractivity contribution in [3.63, 3.8) is 0 Å². The van der Waals surface area contributed by atoms with Gasteiger partial charge in [0, 0.05) is 20.3 Å². The molecular formula is C15H25NO2. The van der Waals surface area contributed by atoms with Crippen molar-refractivity contribution in [1.29, 1.82) is 0 Å². The Morgan fingerprint density at radius 1 is 1.17 bits per heavy atom. The highest BCUT2D eigenvalue weighted by Crippen LogP contribution is 2.12. The molecule has 3 nitrogen and oxygen atoms in total. The molecule has 1 N–H and O–H groups in total. The summed E-state index contributed by atoms with van der Waals surface area (Å²) in [4.78, 5) is 0. The third-order valence-corrected chi connectivity index (χ3v) is 2.74. The Morgan fingerprint density at radius 3 is 2.83 bits per heavy atom. The smallest absolute Gasteiger partial charge is 0.119 e. The van der Waals surface area contributed by atoms with Crippen LogP contribution in [0.25, 0.3) is 0 Å². The van der Waals surface area contributed by atoms with Crippen LogP contribution in [0, 0.1) is 0 Å². The maximum absolute atomic E-state index is 5.48. The second-order valence-electron chi connectivity index (χ2n) is 4.31. The van der Waals surface area contributed by atoms with Crippen molar-refractivity contribution in [2.75, 3.05) is 26.9 Å². The maximum Gasteiger partial charge on any atom is 0.119 e. The summed E-state index contributed by atoms with van der Waals surface area (Å²) >= 11 is 0. The zero-order chi connectivity index (χ0) is 13.1. The molecule has 0 spiro atoms. The summed E-state index contributed by atoms with van der Waals surface area (Å²) in [5.74, 6) is 0.955. The largest absolute Gasteiger partial charge is 0.494 e. The minimum absolute atomic E-state index is 0.719. The first-order chi connectivity index (χ1) is 8.86. The maximum atomic E-state index is 5.48. The Morgan fingerprint density at radius 2 is 2.06 bits per heavy atom. The van der Waals surface area contributed by atoms with Crippen LogP contribution in [0.3, 0.4) is 0 Å². The molecule has 1 rings (SSSR count). The van der Waals surface area contributed by atoms with Crippen LogP contribution in [0.5, 0.6) is 5.75 Å². The summed E-state index contributed by atoms with van der Waals surface area (Å²) in [6.07, 6.45) is 3.58.